The van der Waals surface area contributed by atoms with Crippen LogP contribution >= 0.6 is 0 Å². The third-order valence-electron chi connectivity index (χ3n) is 1.71. The van der Waals surface area contributed by atoms with Gasteiger partial charge < -0.3 is 25.2 Å². The van der Waals surface area contributed by atoms with E-state index < -0.39 is 24.1 Å². The van der Waals surface area contributed by atoms with Gasteiger partial charge >= 0.3 is 11.9 Å². The molecule has 114 valence electrons. The van der Waals surface area contributed by atoms with Crippen LogP contribution in [0.1, 0.15) is 27.7 Å². The van der Waals surface area contributed by atoms with Gasteiger partial charge in [0.1, 0.15) is 0 Å². The average Bonchev–Trinajstić information content (AvgIpc) is 2.26. The first-order chi connectivity index (χ1) is 8.59. The van der Waals surface area contributed by atoms with Gasteiger partial charge in [-0.2, -0.15) is 0 Å². The summed E-state index contributed by atoms with van der Waals surface area (Å²) >= 11 is 0. The normalized spacial score (nSPS) is 13.7. The zero-order valence-electron chi connectivity index (χ0n) is 11.7. The minimum Gasteiger partial charge on any atom is -0.479 e. The number of aliphatic hydroxyl groups excluding tert-OH is 2. The van der Waals surface area contributed by atoms with Gasteiger partial charge in [0.15, 0.2) is 12.2 Å². The lowest BCUT2D eigenvalue weighted by atomic mass is 10.2. The molecule has 0 radical (unpaired) electrons. The smallest absolute Gasteiger partial charge is 0.335 e. The van der Waals surface area contributed by atoms with Crippen molar-refractivity contribution in [1.82, 2.24) is 0 Å². The van der Waals surface area contributed by atoms with E-state index in [1.807, 2.05) is 0 Å². The van der Waals surface area contributed by atoms with Crippen molar-refractivity contribution in [2.45, 2.75) is 39.9 Å². The van der Waals surface area contributed by atoms with Crippen LogP contribution in [0.2, 0.25) is 0 Å². The molecule has 0 aromatic carbocycles. The van der Waals surface area contributed by atoms with Gasteiger partial charge in [0.25, 0.3) is 0 Å². The molecule has 2 unspecified atom stereocenters. The molecule has 19 heavy (non-hydrogen) atoms. The van der Waals surface area contributed by atoms with Crippen molar-refractivity contribution < 1.29 is 34.8 Å². The zero-order chi connectivity index (χ0) is 15.6. The predicted octanol–water partition coefficient (Wildman–Crippen LogP) is 0.192. The van der Waals surface area contributed by atoms with Gasteiger partial charge in [0.05, 0.1) is 0 Å². The predicted molar refractivity (Wildman–Crippen MR) is 67.8 cm³/mol. The summed E-state index contributed by atoms with van der Waals surface area (Å²) in [7, 11) is 0. The second-order valence-electron chi connectivity index (χ2n) is 4.89. The number of aliphatic hydroxyl groups is 2. The Hall–Kier alpha value is -1.18. The molecule has 0 saturated heterocycles. The third kappa shape index (κ3) is 13.1. The lowest BCUT2D eigenvalue weighted by Gasteiger charge is -2.07. The van der Waals surface area contributed by atoms with Gasteiger partial charge in [0.2, 0.25) is 0 Å². The van der Waals surface area contributed by atoms with Crippen LogP contribution in [0.5, 0.6) is 0 Å². The van der Waals surface area contributed by atoms with Crippen molar-refractivity contribution in [3.63, 3.8) is 0 Å². The Kier molecular flexibility index (Phi) is 11.4. The molecule has 2 atom stereocenters. The van der Waals surface area contributed by atoms with E-state index in [-0.39, 0.29) is 0 Å². The molecule has 0 heterocycles. The second kappa shape index (κ2) is 10.7. The Morgan fingerprint density at radius 3 is 1.26 bits per heavy atom. The van der Waals surface area contributed by atoms with Gasteiger partial charge in [-0.25, -0.2) is 9.59 Å². The summed E-state index contributed by atoms with van der Waals surface area (Å²) in [5.74, 6) is -2.20. The molecule has 0 spiro atoms. The molecule has 0 aliphatic rings. The number of ether oxygens (including phenoxy) is 1. The highest BCUT2D eigenvalue weighted by molar-refractivity contribution is 5.83. The molecule has 0 rings (SSSR count). The number of carbonyl (C=O) groups is 2. The highest BCUT2D eigenvalue weighted by Crippen LogP contribution is 1.96. The second-order valence-corrected chi connectivity index (χ2v) is 4.89. The summed E-state index contributed by atoms with van der Waals surface area (Å²) in [5.41, 5.74) is 0. The van der Waals surface area contributed by atoms with Gasteiger partial charge in [-0.15, -0.1) is 0 Å². The fourth-order valence-corrected chi connectivity index (χ4v) is 0.810. The highest BCUT2D eigenvalue weighted by atomic mass is 16.5. The Morgan fingerprint density at radius 1 is 0.842 bits per heavy atom. The van der Waals surface area contributed by atoms with E-state index in [9.17, 15) is 9.59 Å². The molecule has 0 fully saturated rings. The maximum atomic E-state index is 9.77. The molecular formula is C12H24O7. The first-order valence-electron chi connectivity index (χ1n) is 5.99. The quantitative estimate of drug-likeness (QED) is 0.524. The standard InChI is InChI=1S/C8H18O.C4H6O6/c1-7(2)5-9-6-8(3)4;5-1(3(7)8)2(6)4(9)10/h7-8H,5-6H2,1-4H3;1-2,5-6H,(H,7,8)(H,9,10). The summed E-state index contributed by atoms with van der Waals surface area (Å²) in [4.78, 5) is 19.5. The van der Waals surface area contributed by atoms with Crippen LogP contribution in [0.4, 0.5) is 0 Å². The Balaban J connectivity index is 0. The van der Waals surface area contributed by atoms with E-state index >= 15 is 0 Å². The van der Waals surface area contributed by atoms with Crippen LogP contribution in [0.3, 0.4) is 0 Å². The first-order valence-corrected chi connectivity index (χ1v) is 5.99. The highest BCUT2D eigenvalue weighted by Gasteiger charge is 2.29. The van der Waals surface area contributed by atoms with Crippen molar-refractivity contribution in [1.29, 1.82) is 0 Å². The SMILES string of the molecule is CC(C)COCC(C)C.O=C(O)C(O)C(O)C(=O)O. The molecule has 0 aliphatic heterocycles. The van der Waals surface area contributed by atoms with Crippen LogP contribution in [-0.4, -0.2) is 57.8 Å². The zero-order valence-corrected chi connectivity index (χ0v) is 11.7. The monoisotopic (exact) mass is 280 g/mol. The lowest BCUT2D eigenvalue weighted by Crippen LogP contribution is -2.39. The fraction of sp³-hybridized carbons (Fsp3) is 0.833. The largest absolute Gasteiger partial charge is 0.479 e. The van der Waals surface area contributed by atoms with Crippen molar-refractivity contribution in [3.8, 4) is 0 Å². The molecule has 0 aromatic rings. The van der Waals surface area contributed by atoms with E-state index in [0.29, 0.717) is 11.8 Å². The Bertz CT molecular complexity index is 237. The van der Waals surface area contributed by atoms with E-state index in [1.54, 1.807) is 0 Å². The van der Waals surface area contributed by atoms with Crippen LogP contribution < -0.4 is 0 Å². The van der Waals surface area contributed by atoms with Crippen LogP contribution in [0.25, 0.3) is 0 Å². The molecule has 0 aromatic heterocycles. The number of rotatable bonds is 7. The van der Waals surface area contributed by atoms with Gasteiger partial charge in [0, 0.05) is 13.2 Å². The number of carboxylic acids is 2. The first kappa shape index (κ1) is 20.1. The van der Waals surface area contributed by atoms with Crippen molar-refractivity contribution in [3.05, 3.63) is 0 Å². The maximum Gasteiger partial charge on any atom is 0.335 e. The minimum absolute atomic E-state index is 0.670. The number of hydrogen-bond donors (Lipinski definition) is 4. The number of hydrogen-bond acceptors (Lipinski definition) is 5. The van der Waals surface area contributed by atoms with Crippen LogP contribution in [-0.2, 0) is 14.3 Å². The number of carboxylic acid groups (broad SMARTS) is 2. The average molecular weight is 280 g/mol. The molecule has 0 amide bonds. The summed E-state index contributed by atoms with van der Waals surface area (Å²) in [6.45, 7) is 10.5. The molecule has 0 bridgehead atoms. The topological polar surface area (TPSA) is 124 Å². The van der Waals surface area contributed by atoms with Crippen molar-refractivity contribution in [2.75, 3.05) is 13.2 Å². The number of aliphatic carboxylic acids is 2. The van der Waals surface area contributed by atoms with Crippen molar-refractivity contribution in [2.24, 2.45) is 11.8 Å². The summed E-state index contributed by atoms with van der Waals surface area (Å²) < 4.78 is 5.36. The fourth-order valence-electron chi connectivity index (χ4n) is 0.810. The van der Waals surface area contributed by atoms with Crippen LogP contribution in [0.15, 0.2) is 0 Å². The van der Waals surface area contributed by atoms with E-state index in [0.717, 1.165) is 13.2 Å². The van der Waals surface area contributed by atoms with E-state index in [1.165, 1.54) is 0 Å². The van der Waals surface area contributed by atoms with Gasteiger partial charge in [-0.3, -0.25) is 0 Å². The van der Waals surface area contributed by atoms with E-state index in [4.69, 9.17) is 25.2 Å². The maximum absolute atomic E-state index is 9.77. The van der Waals surface area contributed by atoms with Gasteiger partial charge in [-0.1, -0.05) is 27.7 Å². The molecular weight excluding hydrogens is 256 g/mol. The van der Waals surface area contributed by atoms with E-state index in [2.05, 4.69) is 27.7 Å². The summed E-state index contributed by atoms with van der Waals surface area (Å²) in [6, 6.07) is 0. The lowest BCUT2D eigenvalue weighted by molar-refractivity contribution is -0.165. The third-order valence-corrected chi connectivity index (χ3v) is 1.71. The van der Waals surface area contributed by atoms with Gasteiger partial charge in [-0.05, 0) is 11.8 Å². The van der Waals surface area contributed by atoms with Crippen molar-refractivity contribution >= 4 is 11.9 Å². The Morgan fingerprint density at radius 2 is 1.11 bits per heavy atom. The summed E-state index contributed by atoms with van der Waals surface area (Å²) in [5, 5.41) is 32.5. The molecule has 4 N–H and O–H groups in total. The molecule has 7 heteroatoms. The summed E-state index contributed by atoms with van der Waals surface area (Å²) in [6.07, 6.45) is -4.53. The van der Waals surface area contributed by atoms with Crippen LogP contribution in [0, 0.1) is 11.8 Å². The molecule has 0 saturated carbocycles. The Labute approximate surface area is 112 Å². The molecule has 7 nitrogen and oxygen atoms in total. The molecule has 0 aliphatic carbocycles. The minimum atomic E-state index is -2.27.